The summed E-state index contributed by atoms with van der Waals surface area (Å²) >= 11 is 0. The molecular formula is C27H35F4N5O3. The molecule has 3 heterocycles. The molecule has 1 fully saturated rings. The van der Waals surface area contributed by atoms with Gasteiger partial charge in [-0.15, -0.1) is 0 Å². The summed E-state index contributed by atoms with van der Waals surface area (Å²) in [6.45, 7) is 4.56. The highest BCUT2D eigenvalue weighted by Gasteiger charge is 2.38. The number of aromatic nitrogens is 3. The average molecular weight is 554 g/mol. The Morgan fingerprint density at radius 3 is 2.59 bits per heavy atom. The van der Waals surface area contributed by atoms with Crippen LogP contribution in [0, 0.1) is 6.92 Å². The van der Waals surface area contributed by atoms with E-state index in [1.807, 2.05) is 0 Å². The highest BCUT2D eigenvalue weighted by molar-refractivity contribution is 5.77. The fourth-order valence-corrected chi connectivity index (χ4v) is 4.90. The van der Waals surface area contributed by atoms with Crippen molar-refractivity contribution in [3.8, 4) is 11.8 Å². The lowest BCUT2D eigenvalue weighted by Crippen LogP contribution is -2.44. The number of halogens is 4. The van der Waals surface area contributed by atoms with Gasteiger partial charge in [0, 0.05) is 43.9 Å². The number of alkyl halides is 4. The molecule has 1 atom stereocenters. The number of amides is 1. The molecule has 0 saturated heterocycles. The lowest BCUT2D eigenvalue weighted by molar-refractivity contribution is -0.190. The van der Waals surface area contributed by atoms with E-state index in [0.29, 0.717) is 58.0 Å². The molecule has 2 aromatic heterocycles. The number of nitrogens with one attached hydrogen (secondary N) is 1. The smallest absolute Gasteiger partial charge is 0.425 e. The second kappa shape index (κ2) is 12.4. The van der Waals surface area contributed by atoms with Crippen LogP contribution in [-0.2, 0) is 17.6 Å². The van der Waals surface area contributed by atoms with Gasteiger partial charge in [0.2, 0.25) is 11.8 Å². The summed E-state index contributed by atoms with van der Waals surface area (Å²) in [6, 6.07) is 3.16. The molecule has 214 valence electrons. The second-order valence-electron chi connectivity index (χ2n) is 10.4. The molecule has 0 radical (unpaired) electrons. The van der Waals surface area contributed by atoms with E-state index in [-0.39, 0.29) is 30.3 Å². The molecule has 2 aromatic rings. The fourth-order valence-electron chi connectivity index (χ4n) is 4.90. The molecule has 1 aliphatic carbocycles. The summed E-state index contributed by atoms with van der Waals surface area (Å²) in [7, 11) is 0. The first-order chi connectivity index (χ1) is 18.5. The summed E-state index contributed by atoms with van der Waals surface area (Å²) in [5, 5.41) is 2.92. The number of pyridine rings is 1. The number of hydrogen-bond acceptors (Lipinski definition) is 7. The zero-order valence-corrected chi connectivity index (χ0v) is 22.3. The number of carbonyl (C=O) groups excluding carboxylic acids is 1. The highest BCUT2D eigenvalue weighted by Crippen LogP contribution is 2.35. The van der Waals surface area contributed by atoms with Crippen LogP contribution in [-0.4, -0.2) is 76.0 Å². The van der Waals surface area contributed by atoms with Gasteiger partial charge < -0.3 is 19.7 Å². The van der Waals surface area contributed by atoms with E-state index in [9.17, 15) is 18.0 Å². The Hall–Kier alpha value is -3.02. The number of ether oxygens (including phenoxy) is 2. The van der Waals surface area contributed by atoms with E-state index in [1.54, 1.807) is 19.2 Å². The van der Waals surface area contributed by atoms with Gasteiger partial charge in [-0.25, -0.2) is 14.4 Å². The van der Waals surface area contributed by atoms with Crippen LogP contribution in [0.2, 0.25) is 0 Å². The summed E-state index contributed by atoms with van der Waals surface area (Å²) < 4.78 is 64.4. The molecule has 1 amide bonds. The maximum Gasteiger partial charge on any atom is 0.425 e. The van der Waals surface area contributed by atoms with Crippen molar-refractivity contribution < 1.29 is 31.8 Å². The molecule has 1 aliphatic heterocycles. The minimum atomic E-state index is -4.45. The monoisotopic (exact) mass is 553 g/mol. The fraction of sp³-hybridized carbons (Fsp3) is 0.630. The Morgan fingerprint density at radius 2 is 1.90 bits per heavy atom. The van der Waals surface area contributed by atoms with Gasteiger partial charge in [-0.1, -0.05) is 6.07 Å². The molecule has 0 bridgehead atoms. The molecule has 12 heteroatoms. The van der Waals surface area contributed by atoms with Crippen molar-refractivity contribution in [1.29, 1.82) is 0 Å². The predicted octanol–water partition coefficient (Wildman–Crippen LogP) is 4.15. The van der Waals surface area contributed by atoms with Crippen LogP contribution in [0.15, 0.2) is 24.5 Å². The third kappa shape index (κ3) is 8.48. The first-order valence-electron chi connectivity index (χ1n) is 13.3. The minimum Gasteiger partial charge on any atom is -0.466 e. The Balaban J connectivity index is 1.18. The van der Waals surface area contributed by atoms with Gasteiger partial charge in [0.15, 0.2) is 12.7 Å². The van der Waals surface area contributed by atoms with E-state index in [4.69, 9.17) is 9.47 Å². The summed E-state index contributed by atoms with van der Waals surface area (Å²) in [5.41, 5.74) is 1.17. The van der Waals surface area contributed by atoms with Crippen molar-refractivity contribution in [2.75, 3.05) is 26.2 Å². The maximum atomic E-state index is 15.6. The zero-order chi connectivity index (χ0) is 28.0. The number of hydrogen-bond donors (Lipinski definition) is 1. The molecule has 0 spiro atoms. The number of carbonyl (C=O) groups is 1. The van der Waals surface area contributed by atoms with Gasteiger partial charge in [0.25, 0.3) is 5.91 Å². The molecule has 8 nitrogen and oxygen atoms in total. The van der Waals surface area contributed by atoms with Gasteiger partial charge in [-0.05, 0) is 57.9 Å². The molecule has 1 N–H and O–H groups in total. The van der Waals surface area contributed by atoms with E-state index in [1.165, 1.54) is 12.3 Å². The van der Waals surface area contributed by atoms with Crippen LogP contribution in [0.5, 0.6) is 11.8 Å². The second-order valence-corrected chi connectivity index (χ2v) is 10.4. The largest absolute Gasteiger partial charge is 0.466 e. The Kier molecular flexibility index (Phi) is 9.24. The molecule has 2 aliphatic rings. The lowest BCUT2D eigenvalue weighted by Gasteiger charge is -2.35. The van der Waals surface area contributed by atoms with Crippen LogP contribution in [0.25, 0.3) is 0 Å². The average Bonchev–Trinajstić information content (AvgIpc) is 3.10. The summed E-state index contributed by atoms with van der Waals surface area (Å²) in [4.78, 5) is 26.9. The van der Waals surface area contributed by atoms with Crippen molar-refractivity contribution >= 4 is 5.91 Å². The lowest BCUT2D eigenvalue weighted by atomic mass is 9.81. The standard InChI is InChI=1S/C27H35F4N5O3/c1-18-15-33-25(16-32-18)38-17-23(37)34-21-5-9-26(28,10-6-21)11-14-36-12-7-20-3-4-24(35-22(20)8-13-36)39-19(2)27(29,30)31/h3-4,15-16,19,21H,5-14,17H2,1-2H3,(H,34,37)/t19-,21?,26?/m1/s1. The molecule has 1 saturated carbocycles. The van der Waals surface area contributed by atoms with E-state index < -0.39 is 17.9 Å². The minimum absolute atomic E-state index is 0.0334. The maximum absolute atomic E-state index is 15.6. The molecule has 0 aromatic carbocycles. The Bertz CT molecular complexity index is 1110. The number of fused-ring (bicyclic) bond motifs is 1. The Morgan fingerprint density at radius 1 is 1.15 bits per heavy atom. The predicted molar refractivity (Wildman–Crippen MR) is 135 cm³/mol. The first kappa shape index (κ1) is 29.0. The number of nitrogens with zero attached hydrogens (tertiary/aromatic N) is 4. The van der Waals surface area contributed by atoms with Crippen molar-refractivity contribution in [3.63, 3.8) is 0 Å². The van der Waals surface area contributed by atoms with Gasteiger partial charge in [0.05, 0.1) is 18.1 Å². The normalized spacial score (nSPS) is 22.9. The van der Waals surface area contributed by atoms with Crippen molar-refractivity contribution in [3.05, 3.63) is 41.5 Å². The van der Waals surface area contributed by atoms with E-state index in [0.717, 1.165) is 30.4 Å². The molecular weight excluding hydrogens is 518 g/mol. The van der Waals surface area contributed by atoms with Gasteiger partial charge in [0.1, 0.15) is 5.67 Å². The molecule has 39 heavy (non-hydrogen) atoms. The molecule has 4 rings (SSSR count). The van der Waals surface area contributed by atoms with Gasteiger partial charge in [-0.2, -0.15) is 13.2 Å². The van der Waals surface area contributed by atoms with Crippen LogP contribution in [0.3, 0.4) is 0 Å². The van der Waals surface area contributed by atoms with Gasteiger partial charge >= 0.3 is 6.18 Å². The summed E-state index contributed by atoms with van der Waals surface area (Å²) in [5.74, 6) is -0.0266. The topological polar surface area (TPSA) is 89.5 Å². The third-order valence-electron chi connectivity index (χ3n) is 7.39. The number of rotatable bonds is 9. The van der Waals surface area contributed by atoms with Crippen molar-refractivity contribution in [2.24, 2.45) is 0 Å². The van der Waals surface area contributed by atoms with Gasteiger partial charge in [-0.3, -0.25) is 9.78 Å². The third-order valence-corrected chi connectivity index (χ3v) is 7.39. The van der Waals surface area contributed by atoms with Crippen LogP contribution < -0.4 is 14.8 Å². The van der Waals surface area contributed by atoms with Crippen LogP contribution >= 0.6 is 0 Å². The molecule has 0 unspecified atom stereocenters. The van der Waals surface area contributed by atoms with E-state index >= 15 is 4.39 Å². The zero-order valence-electron chi connectivity index (χ0n) is 22.3. The first-order valence-corrected chi connectivity index (χ1v) is 13.3. The number of aryl methyl sites for hydroxylation is 1. The Labute approximate surface area is 225 Å². The summed E-state index contributed by atoms with van der Waals surface area (Å²) in [6.07, 6.45) is 0.145. The quantitative estimate of drug-likeness (QED) is 0.467. The SMILES string of the molecule is Cc1cnc(OCC(=O)NC2CCC(F)(CCN3CCc4ccc(O[C@H](C)C(F)(F)F)nc4CC3)CC2)cn1. The van der Waals surface area contributed by atoms with Crippen LogP contribution in [0.4, 0.5) is 17.6 Å². The van der Waals surface area contributed by atoms with E-state index in [2.05, 4.69) is 25.2 Å². The van der Waals surface area contributed by atoms with Crippen molar-refractivity contribution in [2.45, 2.75) is 82.8 Å². The van der Waals surface area contributed by atoms with Crippen LogP contribution in [0.1, 0.15) is 56.0 Å². The highest BCUT2D eigenvalue weighted by atomic mass is 19.4. The van der Waals surface area contributed by atoms with Crippen molar-refractivity contribution in [1.82, 2.24) is 25.2 Å².